The zero-order chi connectivity index (χ0) is 56.8. The first kappa shape index (κ1) is 63.2. The van der Waals surface area contributed by atoms with Crippen LogP contribution in [-0.4, -0.2) is 109 Å². The molecule has 8 heterocycles. The van der Waals surface area contributed by atoms with Gasteiger partial charge >= 0.3 is 12.4 Å². The molecule has 420 valence electrons. The van der Waals surface area contributed by atoms with Crippen LogP contribution >= 0.6 is 46.3 Å². The van der Waals surface area contributed by atoms with E-state index in [0.29, 0.717) is 40.0 Å². The molecular formula is C46H40Cl4F10N10O6S2. The molecule has 0 saturated carbocycles. The minimum Gasteiger partial charge on any atom is -0.302 e. The third-order valence-electron chi connectivity index (χ3n) is 11.7. The van der Waals surface area contributed by atoms with Gasteiger partial charge in [-0.05, 0) is 74.2 Å². The van der Waals surface area contributed by atoms with E-state index in [4.69, 9.17) is 33.9 Å². The van der Waals surface area contributed by atoms with Crippen LogP contribution in [0.25, 0.3) is 22.5 Å². The van der Waals surface area contributed by atoms with Crippen LogP contribution in [0.2, 0.25) is 10.0 Å². The van der Waals surface area contributed by atoms with Crippen molar-refractivity contribution in [2.75, 3.05) is 0 Å². The van der Waals surface area contributed by atoms with Gasteiger partial charge < -0.3 is 5.32 Å². The van der Waals surface area contributed by atoms with Gasteiger partial charge in [0, 0.05) is 90.7 Å². The van der Waals surface area contributed by atoms with Crippen molar-refractivity contribution in [2.45, 2.75) is 111 Å². The quantitative estimate of drug-likeness (QED) is 0.0840. The summed E-state index contributed by atoms with van der Waals surface area (Å²) in [5.41, 5.74) is 2.04. The minimum absolute atomic E-state index is 0. The van der Waals surface area contributed by atoms with Gasteiger partial charge in [0.1, 0.15) is 29.8 Å². The number of aryl methyl sites for hydroxylation is 2. The molecule has 8 rings (SSSR count). The van der Waals surface area contributed by atoms with E-state index in [0.717, 1.165) is 59.6 Å². The van der Waals surface area contributed by atoms with Crippen LogP contribution in [0.3, 0.4) is 0 Å². The second kappa shape index (κ2) is 26.1. The van der Waals surface area contributed by atoms with E-state index in [1.54, 1.807) is 13.0 Å². The average Bonchev–Trinajstić information content (AvgIpc) is 3.88. The zero-order valence-electron chi connectivity index (χ0n) is 39.9. The number of hydrogen-bond donors (Lipinski definition) is 1. The van der Waals surface area contributed by atoms with Crippen molar-refractivity contribution in [3.8, 4) is 22.5 Å². The molecule has 2 fully saturated rings. The van der Waals surface area contributed by atoms with Gasteiger partial charge in [0.2, 0.25) is 11.6 Å². The maximum absolute atomic E-state index is 14.6. The Hall–Kier alpha value is -5.62. The average molecular weight is 1220 g/mol. The molecule has 32 heteroatoms. The molecule has 16 nitrogen and oxygen atoms in total. The van der Waals surface area contributed by atoms with Crippen LogP contribution in [0.4, 0.5) is 43.9 Å². The Morgan fingerprint density at radius 1 is 0.628 bits per heavy atom. The Kier molecular flexibility index (Phi) is 21.2. The van der Waals surface area contributed by atoms with Crippen molar-refractivity contribution in [3.63, 3.8) is 0 Å². The van der Waals surface area contributed by atoms with Gasteiger partial charge in [-0.2, -0.15) is 30.6 Å². The molecule has 0 aliphatic carbocycles. The van der Waals surface area contributed by atoms with Crippen molar-refractivity contribution in [3.05, 3.63) is 130 Å². The fourth-order valence-corrected chi connectivity index (χ4v) is 10.4. The molecule has 0 aromatic carbocycles. The number of pyridine rings is 4. The van der Waals surface area contributed by atoms with Crippen LogP contribution in [-0.2, 0) is 53.9 Å². The molecule has 0 spiro atoms. The number of sulfonamides is 1. The lowest BCUT2D eigenvalue weighted by Crippen LogP contribution is -2.45. The Morgan fingerprint density at radius 3 is 1.45 bits per heavy atom. The molecule has 0 amide bonds. The fourth-order valence-electron chi connectivity index (χ4n) is 7.62. The molecule has 6 atom stereocenters. The second-order valence-electron chi connectivity index (χ2n) is 17.0. The number of rotatable bonds is 13. The largest absolute Gasteiger partial charge is 0.451 e. The van der Waals surface area contributed by atoms with Gasteiger partial charge in [-0.15, -0.1) is 12.4 Å². The van der Waals surface area contributed by atoms with Gasteiger partial charge in [0.25, 0.3) is 19.1 Å². The predicted octanol–water partition coefficient (Wildman–Crippen LogP) is 9.81. The van der Waals surface area contributed by atoms with Gasteiger partial charge in [0.05, 0.1) is 52.0 Å². The Labute approximate surface area is 458 Å². The summed E-state index contributed by atoms with van der Waals surface area (Å²) in [6, 6.07) is 3.50. The van der Waals surface area contributed by atoms with Gasteiger partial charge in [-0.25, -0.2) is 64.3 Å². The standard InChI is InChI=1S/C23H19ClF5N5O3S.C18H17ClF4N4O.C5H3ClFNO2S.ClH/c1-12-17(26)7-19(34(12)38(36,37)21-5-3-15(25)10-31-21)20(35)4-2-13-6-18(30-11-16(13)24)14-8-32-22(33-9-14)23(27,28)29;1-9-13(20)5-15(27-9)16(28)3-2-10-4-14(24-8-12(10)19)11-6-25-17(26-7-11)18(21,22)23;6-11(9,10)5-2-1-4(7)3-8-5;/h3,5-6,8-12,17,19H,2,4,7H2,1H3;4,6-9,13,15,27H,2-3,5H2,1H3;1-3H;1H/t12-,17+,19-;9-,13+,15-;;/m00../s1. The molecule has 0 radical (unpaired) electrons. The molecule has 2 aliphatic rings. The van der Waals surface area contributed by atoms with Gasteiger partial charge in [-0.3, -0.25) is 19.6 Å². The number of halogens is 14. The van der Waals surface area contributed by atoms with E-state index >= 15 is 0 Å². The highest BCUT2D eigenvalue weighted by molar-refractivity contribution is 8.13. The Bertz CT molecular complexity index is 3280. The highest BCUT2D eigenvalue weighted by Gasteiger charge is 2.49. The lowest BCUT2D eigenvalue weighted by molar-refractivity contribution is -0.145. The lowest BCUT2D eigenvalue weighted by Gasteiger charge is -2.26. The maximum Gasteiger partial charge on any atom is 0.451 e. The van der Waals surface area contributed by atoms with E-state index in [1.807, 2.05) is 0 Å². The van der Waals surface area contributed by atoms with Gasteiger partial charge in [0.15, 0.2) is 15.8 Å². The molecule has 6 aromatic heterocycles. The molecule has 1 N–H and O–H groups in total. The van der Waals surface area contributed by atoms with Crippen molar-refractivity contribution < 1.29 is 70.3 Å². The van der Waals surface area contributed by atoms with Crippen molar-refractivity contribution in [1.82, 2.24) is 49.5 Å². The SMILES string of the molecule is C[C@@H]1N[C@H](C(=O)CCc2cc(-c3cnc(C(F)(F)F)nc3)ncc2Cl)C[C@H]1F.C[C@H]1[C@H](F)C[C@@H](C(=O)CCc2cc(-c3cnc(C(F)(F)F)nc3)ncc2Cl)N1S(=O)(=O)c1ccc(F)cn1.Cl.O=S(=O)(Cl)c1ccc(F)cn1. The molecule has 78 heavy (non-hydrogen) atoms. The highest BCUT2D eigenvalue weighted by Crippen LogP contribution is 2.35. The highest BCUT2D eigenvalue weighted by atomic mass is 35.7. The third-order valence-corrected chi connectivity index (χ3v) is 15.5. The fraction of sp³-hybridized carbons (Fsp3) is 0.348. The normalized spacial score (nSPS) is 19.7. The summed E-state index contributed by atoms with van der Waals surface area (Å²) < 4.78 is 178. The third kappa shape index (κ3) is 16.3. The van der Waals surface area contributed by atoms with Gasteiger partial charge in [-0.1, -0.05) is 23.2 Å². The predicted molar refractivity (Wildman–Crippen MR) is 264 cm³/mol. The summed E-state index contributed by atoms with van der Waals surface area (Å²) in [5.74, 6) is -4.59. The molecule has 0 bridgehead atoms. The summed E-state index contributed by atoms with van der Waals surface area (Å²) in [4.78, 5) is 53.6. The molecule has 6 aromatic rings. The van der Waals surface area contributed by atoms with Crippen LogP contribution < -0.4 is 5.32 Å². The zero-order valence-corrected chi connectivity index (χ0v) is 44.6. The first-order chi connectivity index (χ1) is 35.9. The first-order valence-corrected chi connectivity index (χ1v) is 26.8. The number of alkyl halides is 8. The summed E-state index contributed by atoms with van der Waals surface area (Å²) in [7, 11) is -3.34. The molecule has 2 saturated heterocycles. The number of carbonyl (C=O) groups is 2. The van der Waals surface area contributed by atoms with Crippen molar-refractivity contribution >= 4 is 76.9 Å². The Balaban J connectivity index is 0.000000245. The van der Waals surface area contributed by atoms with E-state index in [9.17, 15) is 70.3 Å². The van der Waals surface area contributed by atoms with E-state index in [2.05, 4.69) is 45.2 Å². The Morgan fingerprint density at radius 2 is 1.06 bits per heavy atom. The number of nitrogens with one attached hydrogen (secondary N) is 1. The van der Waals surface area contributed by atoms with Crippen molar-refractivity contribution in [1.29, 1.82) is 0 Å². The number of Topliss-reactive ketones (excluding diaryl/α,β-unsaturated/α-hetero) is 2. The maximum atomic E-state index is 14.6. The first-order valence-electron chi connectivity index (χ1n) is 22.3. The number of carbonyl (C=O) groups excluding carboxylic acids is 2. The summed E-state index contributed by atoms with van der Waals surface area (Å²) in [6.45, 7) is 3.02. The summed E-state index contributed by atoms with van der Waals surface area (Å²) in [5, 5.41) is 2.57. The number of aromatic nitrogens is 8. The minimum atomic E-state index is -4.71. The second-order valence-corrected chi connectivity index (χ2v) is 22.1. The molecule has 0 unspecified atom stereocenters. The van der Waals surface area contributed by atoms with Crippen LogP contribution in [0, 0.1) is 11.6 Å². The monoisotopic (exact) mass is 1220 g/mol. The summed E-state index contributed by atoms with van der Waals surface area (Å²) in [6.07, 6.45) is -3.87. The van der Waals surface area contributed by atoms with Crippen LogP contribution in [0.1, 0.15) is 62.3 Å². The summed E-state index contributed by atoms with van der Waals surface area (Å²) >= 11 is 12.3. The number of ketones is 2. The lowest BCUT2D eigenvalue weighted by atomic mass is 10.0. The molecular weight excluding hydrogens is 1180 g/mol. The number of nitrogens with zero attached hydrogens (tertiary/aromatic N) is 9. The van der Waals surface area contributed by atoms with Crippen molar-refractivity contribution in [2.24, 2.45) is 0 Å². The van der Waals surface area contributed by atoms with E-state index in [1.165, 1.54) is 25.4 Å². The number of hydrogen-bond acceptors (Lipinski definition) is 15. The smallest absolute Gasteiger partial charge is 0.302 e. The van der Waals surface area contributed by atoms with Crippen LogP contribution in [0.5, 0.6) is 0 Å². The topological polar surface area (TPSA) is 221 Å². The van der Waals surface area contributed by atoms with E-state index < -0.39 is 96.0 Å². The van der Waals surface area contributed by atoms with Crippen LogP contribution in [0.15, 0.2) is 96.0 Å². The van der Waals surface area contributed by atoms with E-state index in [-0.39, 0.29) is 77.6 Å². The molecule has 2 aliphatic heterocycles.